The summed E-state index contributed by atoms with van der Waals surface area (Å²) in [5.41, 5.74) is 8.04. The Hall–Kier alpha value is -2.49. The normalized spacial score (nSPS) is 12.0. The number of hydrogen-bond donors (Lipinski definition) is 2. The number of nitrogens with two attached hydrogens (primary N) is 1. The first kappa shape index (κ1) is 15.9. The molecule has 2 aromatic carbocycles. The Balaban J connectivity index is 1.99. The second-order valence-electron chi connectivity index (χ2n) is 5.80. The van der Waals surface area contributed by atoms with Gasteiger partial charge in [0.25, 0.3) is 0 Å². The smallest absolute Gasteiger partial charge is 0.193 e. The van der Waals surface area contributed by atoms with Gasteiger partial charge in [-0.2, -0.15) is 0 Å². The zero-order chi connectivity index (χ0) is 16.0. The van der Waals surface area contributed by atoms with Crippen molar-refractivity contribution < 1.29 is 4.74 Å². The van der Waals surface area contributed by atoms with E-state index in [4.69, 9.17) is 10.5 Å². The number of hydrogen-bond acceptors (Lipinski definition) is 2. The van der Waals surface area contributed by atoms with Crippen molar-refractivity contribution in [2.75, 3.05) is 19.0 Å². The van der Waals surface area contributed by atoms with Gasteiger partial charge < -0.3 is 15.8 Å². The fourth-order valence-corrected chi connectivity index (χ4v) is 2.13. The molecule has 0 amide bonds. The molecule has 0 saturated heterocycles. The van der Waals surface area contributed by atoms with E-state index in [1.54, 1.807) is 7.11 Å². The van der Waals surface area contributed by atoms with Gasteiger partial charge in [-0.1, -0.05) is 44.2 Å². The summed E-state index contributed by atoms with van der Waals surface area (Å²) in [6.07, 6.45) is 0. The predicted molar refractivity (Wildman–Crippen MR) is 92.6 cm³/mol. The first-order valence-electron chi connectivity index (χ1n) is 7.28. The number of rotatable bonds is 5. The van der Waals surface area contributed by atoms with Crippen molar-refractivity contribution in [1.29, 1.82) is 0 Å². The van der Waals surface area contributed by atoms with E-state index in [9.17, 15) is 0 Å². The lowest BCUT2D eigenvalue weighted by atomic mass is 9.85. The molecule has 0 spiro atoms. The van der Waals surface area contributed by atoms with Crippen LogP contribution in [-0.4, -0.2) is 19.6 Å². The van der Waals surface area contributed by atoms with E-state index in [0.717, 1.165) is 11.4 Å². The first-order valence-corrected chi connectivity index (χ1v) is 7.28. The second-order valence-corrected chi connectivity index (χ2v) is 5.80. The maximum absolute atomic E-state index is 5.97. The highest BCUT2D eigenvalue weighted by Crippen LogP contribution is 2.23. The van der Waals surface area contributed by atoms with Crippen LogP contribution in [0.2, 0.25) is 0 Å². The van der Waals surface area contributed by atoms with E-state index in [2.05, 4.69) is 36.3 Å². The summed E-state index contributed by atoms with van der Waals surface area (Å²) in [6, 6.07) is 17.9. The summed E-state index contributed by atoms with van der Waals surface area (Å²) in [4.78, 5) is 4.46. The summed E-state index contributed by atoms with van der Waals surface area (Å²) in [5.74, 6) is 1.22. The van der Waals surface area contributed by atoms with Crippen LogP contribution in [-0.2, 0) is 5.41 Å². The Morgan fingerprint density at radius 3 is 2.32 bits per heavy atom. The molecule has 2 rings (SSSR count). The number of benzene rings is 2. The molecule has 116 valence electrons. The largest absolute Gasteiger partial charge is 0.497 e. The number of nitrogens with one attached hydrogen (secondary N) is 1. The molecule has 0 aliphatic carbocycles. The molecule has 0 saturated carbocycles. The molecule has 0 fully saturated rings. The molecule has 3 N–H and O–H groups in total. The zero-order valence-electron chi connectivity index (χ0n) is 13.3. The lowest BCUT2D eigenvalue weighted by molar-refractivity contribution is 0.415. The summed E-state index contributed by atoms with van der Waals surface area (Å²) >= 11 is 0. The van der Waals surface area contributed by atoms with Crippen molar-refractivity contribution in [2.45, 2.75) is 19.3 Å². The highest BCUT2D eigenvalue weighted by molar-refractivity contribution is 5.92. The average molecular weight is 297 g/mol. The van der Waals surface area contributed by atoms with Gasteiger partial charge in [0.05, 0.1) is 13.7 Å². The lowest BCUT2D eigenvalue weighted by Gasteiger charge is -2.23. The van der Waals surface area contributed by atoms with Gasteiger partial charge in [0.1, 0.15) is 5.75 Å². The molecule has 0 bridgehead atoms. The third-order valence-electron chi connectivity index (χ3n) is 3.56. The third-order valence-corrected chi connectivity index (χ3v) is 3.56. The molecule has 4 nitrogen and oxygen atoms in total. The average Bonchev–Trinajstić information content (AvgIpc) is 2.55. The number of anilines is 1. The monoisotopic (exact) mass is 297 g/mol. The molecule has 0 aliphatic heterocycles. The Labute approximate surface area is 132 Å². The molecule has 0 aromatic heterocycles. The van der Waals surface area contributed by atoms with Crippen molar-refractivity contribution in [3.63, 3.8) is 0 Å². The fourth-order valence-electron chi connectivity index (χ4n) is 2.13. The van der Waals surface area contributed by atoms with E-state index in [-0.39, 0.29) is 5.41 Å². The fraction of sp³-hybridized carbons (Fsp3) is 0.278. The van der Waals surface area contributed by atoms with E-state index in [1.807, 2.05) is 42.5 Å². The van der Waals surface area contributed by atoms with Crippen LogP contribution >= 0.6 is 0 Å². The van der Waals surface area contributed by atoms with Gasteiger partial charge in [-0.05, 0) is 29.8 Å². The van der Waals surface area contributed by atoms with Crippen molar-refractivity contribution >= 4 is 11.6 Å². The molecule has 0 atom stereocenters. The minimum atomic E-state index is -0.0620. The highest BCUT2D eigenvalue weighted by Gasteiger charge is 2.19. The van der Waals surface area contributed by atoms with Gasteiger partial charge in [-0.15, -0.1) is 0 Å². The molecular formula is C18H23N3O. The quantitative estimate of drug-likeness (QED) is 0.657. The van der Waals surface area contributed by atoms with Crippen LogP contribution in [0.1, 0.15) is 19.4 Å². The first-order chi connectivity index (χ1) is 10.5. The minimum Gasteiger partial charge on any atom is -0.497 e. The third kappa shape index (κ3) is 4.25. The number of aliphatic imine (C=N–C) groups is 1. The SMILES string of the molecule is COc1ccc(NC(N)=NCC(C)(C)c2ccccc2)cc1. The standard InChI is InChI=1S/C18H23N3O/c1-18(2,14-7-5-4-6-8-14)13-20-17(19)21-15-9-11-16(22-3)12-10-15/h4-12H,13H2,1-3H3,(H3,19,20,21). The van der Waals surface area contributed by atoms with Crippen LogP contribution in [0.25, 0.3) is 0 Å². The molecule has 4 heteroatoms. The molecule has 0 aliphatic rings. The van der Waals surface area contributed by atoms with Crippen LogP contribution < -0.4 is 15.8 Å². The van der Waals surface area contributed by atoms with E-state index >= 15 is 0 Å². The zero-order valence-corrected chi connectivity index (χ0v) is 13.3. The number of nitrogens with zero attached hydrogens (tertiary/aromatic N) is 1. The van der Waals surface area contributed by atoms with E-state index in [1.165, 1.54) is 5.56 Å². The van der Waals surface area contributed by atoms with Crippen LogP contribution in [0.3, 0.4) is 0 Å². The molecule has 0 unspecified atom stereocenters. The van der Waals surface area contributed by atoms with Crippen LogP contribution in [0.15, 0.2) is 59.6 Å². The molecule has 0 heterocycles. The Morgan fingerprint density at radius 1 is 1.09 bits per heavy atom. The minimum absolute atomic E-state index is 0.0620. The summed E-state index contributed by atoms with van der Waals surface area (Å²) in [7, 11) is 1.64. The van der Waals surface area contributed by atoms with E-state index in [0.29, 0.717) is 12.5 Å². The molecular weight excluding hydrogens is 274 g/mol. The van der Waals surface area contributed by atoms with Gasteiger partial charge in [-0.3, -0.25) is 4.99 Å². The van der Waals surface area contributed by atoms with Crippen LogP contribution in [0, 0.1) is 0 Å². The van der Waals surface area contributed by atoms with Crippen molar-refractivity contribution in [3.05, 3.63) is 60.2 Å². The molecule has 2 aromatic rings. The van der Waals surface area contributed by atoms with Gasteiger partial charge in [0, 0.05) is 11.1 Å². The second kappa shape index (κ2) is 6.98. The molecule has 22 heavy (non-hydrogen) atoms. The van der Waals surface area contributed by atoms with Gasteiger partial charge in [0.15, 0.2) is 5.96 Å². The Bertz CT molecular complexity index is 619. The molecule has 0 radical (unpaired) electrons. The highest BCUT2D eigenvalue weighted by atomic mass is 16.5. The van der Waals surface area contributed by atoms with Crippen LogP contribution in [0.5, 0.6) is 5.75 Å². The summed E-state index contributed by atoms with van der Waals surface area (Å²) in [6.45, 7) is 4.94. The maximum atomic E-state index is 5.97. The van der Waals surface area contributed by atoms with Crippen molar-refractivity contribution in [1.82, 2.24) is 0 Å². The number of methoxy groups -OCH3 is 1. The van der Waals surface area contributed by atoms with Gasteiger partial charge in [0.2, 0.25) is 0 Å². The number of ether oxygens (including phenoxy) is 1. The Morgan fingerprint density at radius 2 is 1.73 bits per heavy atom. The van der Waals surface area contributed by atoms with Gasteiger partial charge in [-0.25, -0.2) is 0 Å². The van der Waals surface area contributed by atoms with E-state index < -0.39 is 0 Å². The number of guanidine groups is 1. The Kier molecular flexibility index (Phi) is 5.04. The maximum Gasteiger partial charge on any atom is 0.193 e. The van der Waals surface area contributed by atoms with Crippen LogP contribution in [0.4, 0.5) is 5.69 Å². The van der Waals surface area contributed by atoms with Gasteiger partial charge >= 0.3 is 0 Å². The van der Waals surface area contributed by atoms with Crippen molar-refractivity contribution in [3.8, 4) is 5.75 Å². The summed E-state index contributed by atoms with van der Waals surface area (Å²) < 4.78 is 5.13. The lowest BCUT2D eigenvalue weighted by Crippen LogP contribution is -2.27. The van der Waals surface area contributed by atoms with Crippen molar-refractivity contribution in [2.24, 2.45) is 10.7 Å². The predicted octanol–water partition coefficient (Wildman–Crippen LogP) is 3.40. The summed E-state index contributed by atoms with van der Waals surface area (Å²) in [5, 5.41) is 3.09. The topological polar surface area (TPSA) is 59.6 Å².